The number of carboxylic acid groups (broad SMARTS) is 1. The zero-order valence-electron chi connectivity index (χ0n) is 17.5. The third kappa shape index (κ3) is 5.52. The molecule has 0 radical (unpaired) electrons. The van der Waals surface area contributed by atoms with E-state index in [2.05, 4.69) is 15.3 Å². The van der Waals surface area contributed by atoms with E-state index in [1.807, 2.05) is 29.6 Å². The van der Waals surface area contributed by atoms with Crippen LogP contribution in [0.4, 0.5) is 16.3 Å². The molecular weight excluding hydrogens is 438 g/mol. The van der Waals surface area contributed by atoms with Gasteiger partial charge in [0, 0.05) is 24.5 Å². The highest BCUT2D eigenvalue weighted by Gasteiger charge is 2.15. The number of carbonyl (C=O) groups is 2. The Morgan fingerprint density at radius 2 is 1.79 bits per heavy atom. The van der Waals surface area contributed by atoms with E-state index >= 15 is 0 Å². The number of aromatic nitrogens is 2. The number of benzene rings is 1. The summed E-state index contributed by atoms with van der Waals surface area (Å²) in [5.74, 6) is -0.0574. The number of pyridine rings is 2. The van der Waals surface area contributed by atoms with Crippen molar-refractivity contribution in [3.05, 3.63) is 95.1 Å². The molecule has 0 bridgehead atoms. The number of hydrogen-bond acceptors (Lipinski definition) is 6. The summed E-state index contributed by atoms with van der Waals surface area (Å²) in [6, 6.07) is 17.7. The van der Waals surface area contributed by atoms with Crippen LogP contribution >= 0.6 is 11.3 Å². The molecule has 0 fully saturated rings. The van der Waals surface area contributed by atoms with E-state index in [9.17, 15) is 14.7 Å². The van der Waals surface area contributed by atoms with Crippen molar-refractivity contribution in [1.82, 2.24) is 14.9 Å². The van der Waals surface area contributed by atoms with Crippen molar-refractivity contribution >= 4 is 34.8 Å². The van der Waals surface area contributed by atoms with Crippen LogP contribution in [0.2, 0.25) is 0 Å². The SMILES string of the molecule is Nc1ccc(-c2cccs2)nc1NC(=O)c1ccc(CN(Cc2cccnc2)C(=O)O)cc1. The van der Waals surface area contributed by atoms with Crippen LogP contribution in [-0.4, -0.2) is 32.0 Å². The van der Waals surface area contributed by atoms with Crippen LogP contribution < -0.4 is 11.1 Å². The summed E-state index contributed by atoms with van der Waals surface area (Å²) in [4.78, 5) is 35.1. The van der Waals surface area contributed by atoms with Gasteiger partial charge in [-0.25, -0.2) is 9.78 Å². The number of rotatable bonds is 7. The first-order valence-electron chi connectivity index (χ1n) is 10.1. The molecule has 2 amide bonds. The Balaban J connectivity index is 1.44. The normalized spacial score (nSPS) is 10.5. The van der Waals surface area contributed by atoms with E-state index in [4.69, 9.17) is 5.73 Å². The molecule has 3 aromatic heterocycles. The Hall–Kier alpha value is -4.24. The maximum atomic E-state index is 12.7. The fourth-order valence-corrected chi connectivity index (χ4v) is 3.89. The van der Waals surface area contributed by atoms with Gasteiger partial charge in [-0.2, -0.15) is 0 Å². The molecule has 0 unspecified atom stereocenters. The molecule has 0 aliphatic rings. The van der Waals surface area contributed by atoms with E-state index in [1.165, 1.54) is 4.90 Å². The van der Waals surface area contributed by atoms with Crippen molar-refractivity contribution in [3.8, 4) is 10.6 Å². The van der Waals surface area contributed by atoms with Crippen molar-refractivity contribution in [2.75, 3.05) is 11.1 Å². The molecule has 4 aromatic rings. The van der Waals surface area contributed by atoms with Gasteiger partial charge < -0.3 is 16.2 Å². The van der Waals surface area contributed by atoms with Crippen molar-refractivity contribution < 1.29 is 14.7 Å². The first kappa shape index (κ1) is 22.0. The van der Waals surface area contributed by atoms with Gasteiger partial charge in [-0.3, -0.25) is 14.7 Å². The average Bonchev–Trinajstić information content (AvgIpc) is 3.36. The zero-order valence-corrected chi connectivity index (χ0v) is 18.3. The fraction of sp³-hybridized carbons (Fsp3) is 0.0833. The minimum Gasteiger partial charge on any atom is -0.465 e. The zero-order chi connectivity index (χ0) is 23.2. The maximum absolute atomic E-state index is 12.7. The number of anilines is 2. The van der Waals surface area contributed by atoms with Crippen LogP contribution in [0.1, 0.15) is 21.5 Å². The fourth-order valence-electron chi connectivity index (χ4n) is 3.20. The minimum atomic E-state index is -1.03. The van der Waals surface area contributed by atoms with Crippen molar-refractivity contribution in [1.29, 1.82) is 0 Å². The Kier molecular flexibility index (Phi) is 6.61. The van der Waals surface area contributed by atoms with E-state index in [0.29, 0.717) is 17.1 Å². The van der Waals surface area contributed by atoms with Gasteiger partial charge in [-0.05, 0) is 52.9 Å². The monoisotopic (exact) mass is 459 g/mol. The molecule has 1 aromatic carbocycles. The molecule has 0 saturated carbocycles. The molecule has 9 heteroatoms. The molecule has 0 saturated heterocycles. The molecule has 4 rings (SSSR count). The van der Waals surface area contributed by atoms with Crippen LogP contribution in [0, 0.1) is 0 Å². The van der Waals surface area contributed by atoms with Crippen molar-refractivity contribution in [3.63, 3.8) is 0 Å². The van der Waals surface area contributed by atoms with Gasteiger partial charge in [-0.15, -0.1) is 11.3 Å². The molecule has 0 atom stereocenters. The quantitative estimate of drug-likeness (QED) is 0.368. The lowest BCUT2D eigenvalue weighted by Crippen LogP contribution is -2.28. The summed E-state index contributed by atoms with van der Waals surface area (Å²) in [6.07, 6.45) is 2.24. The molecule has 0 aliphatic carbocycles. The van der Waals surface area contributed by atoms with E-state index in [-0.39, 0.29) is 19.0 Å². The summed E-state index contributed by atoms with van der Waals surface area (Å²) in [5.41, 5.74) is 9.07. The smallest absolute Gasteiger partial charge is 0.407 e. The van der Waals surface area contributed by atoms with Crippen molar-refractivity contribution in [2.45, 2.75) is 13.1 Å². The predicted octanol–water partition coefficient (Wildman–Crippen LogP) is 4.72. The van der Waals surface area contributed by atoms with Crippen LogP contribution in [-0.2, 0) is 13.1 Å². The largest absolute Gasteiger partial charge is 0.465 e. The Bertz CT molecular complexity index is 1250. The number of carbonyl (C=O) groups excluding carboxylic acids is 1. The van der Waals surface area contributed by atoms with Crippen LogP contribution in [0.25, 0.3) is 10.6 Å². The Labute approximate surface area is 194 Å². The third-order valence-electron chi connectivity index (χ3n) is 4.89. The van der Waals surface area contributed by atoms with E-state index in [1.54, 1.807) is 60.1 Å². The summed E-state index contributed by atoms with van der Waals surface area (Å²) < 4.78 is 0. The van der Waals surface area contributed by atoms with E-state index in [0.717, 1.165) is 21.7 Å². The first-order valence-corrected chi connectivity index (χ1v) is 10.9. The van der Waals surface area contributed by atoms with Gasteiger partial charge in [0.2, 0.25) is 0 Å². The number of nitrogen functional groups attached to an aromatic ring is 1. The topological polar surface area (TPSA) is 121 Å². The molecular formula is C24H21N5O3S. The summed E-state index contributed by atoms with van der Waals surface area (Å²) >= 11 is 1.55. The average molecular weight is 460 g/mol. The number of thiophene rings is 1. The summed E-state index contributed by atoms with van der Waals surface area (Å²) in [6.45, 7) is 0.403. The number of hydrogen-bond donors (Lipinski definition) is 3. The van der Waals surface area contributed by atoms with Gasteiger partial charge in [-0.1, -0.05) is 24.3 Å². The highest BCUT2D eigenvalue weighted by molar-refractivity contribution is 7.13. The number of nitrogens with one attached hydrogen (secondary N) is 1. The first-order chi connectivity index (χ1) is 16.0. The van der Waals surface area contributed by atoms with E-state index < -0.39 is 6.09 Å². The molecule has 8 nitrogen and oxygen atoms in total. The summed E-state index contributed by atoms with van der Waals surface area (Å²) in [7, 11) is 0. The Morgan fingerprint density at radius 3 is 2.45 bits per heavy atom. The molecule has 33 heavy (non-hydrogen) atoms. The molecule has 4 N–H and O–H groups in total. The Morgan fingerprint density at radius 1 is 1.00 bits per heavy atom. The highest BCUT2D eigenvalue weighted by atomic mass is 32.1. The third-order valence-corrected chi connectivity index (χ3v) is 5.78. The lowest BCUT2D eigenvalue weighted by atomic mass is 10.1. The number of nitrogens with zero attached hydrogens (tertiary/aromatic N) is 3. The van der Waals surface area contributed by atoms with Gasteiger partial charge in [0.15, 0.2) is 5.82 Å². The van der Waals surface area contributed by atoms with Crippen molar-refractivity contribution in [2.24, 2.45) is 0 Å². The minimum absolute atomic E-state index is 0.184. The second-order valence-electron chi connectivity index (χ2n) is 7.26. The van der Waals surface area contributed by atoms with Gasteiger partial charge in [0.1, 0.15) is 0 Å². The number of nitrogens with two attached hydrogens (primary N) is 1. The molecule has 0 aliphatic heterocycles. The van der Waals surface area contributed by atoms with Gasteiger partial charge in [0.05, 0.1) is 22.8 Å². The highest BCUT2D eigenvalue weighted by Crippen LogP contribution is 2.27. The second kappa shape index (κ2) is 9.92. The molecule has 0 spiro atoms. The number of amides is 2. The molecule has 166 valence electrons. The van der Waals surface area contributed by atoms with Crippen LogP contribution in [0.15, 0.2) is 78.4 Å². The standard InChI is InChI=1S/C24H21N5O3S/c25-19-9-10-20(21-4-2-12-33-21)27-22(19)28-23(30)18-7-5-16(6-8-18)14-29(24(31)32)15-17-3-1-11-26-13-17/h1-13H,14-15,25H2,(H,31,32)(H,27,28,30). The summed E-state index contributed by atoms with van der Waals surface area (Å²) in [5, 5.41) is 14.3. The van der Waals surface area contributed by atoms with Gasteiger partial charge >= 0.3 is 6.09 Å². The lowest BCUT2D eigenvalue weighted by molar-refractivity contribution is 0.102. The lowest BCUT2D eigenvalue weighted by Gasteiger charge is -2.19. The maximum Gasteiger partial charge on any atom is 0.407 e. The predicted molar refractivity (Wildman–Crippen MR) is 128 cm³/mol. The van der Waals surface area contributed by atoms with Gasteiger partial charge in [0.25, 0.3) is 5.91 Å². The second-order valence-corrected chi connectivity index (χ2v) is 8.21. The molecule has 3 heterocycles. The van der Waals surface area contributed by atoms with Crippen LogP contribution in [0.3, 0.4) is 0 Å². The van der Waals surface area contributed by atoms with Crippen LogP contribution in [0.5, 0.6) is 0 Å².